The van der Waals surface area contributed by atoms with Gasteiger partial charge in [-0.3, -0.25) is 0 Å². The average molecular weight is 241 g/mol. The molecule has 1 aromatic rings. The molecule has 0 saturated heterocycles. The van der Waals surface area contributed by atoms with Crippen molar-refractivity contribution in [3.8, 4) is 5.75 Å². The first-order valence-corrected chi connectivity index (χ1v) is 5.95. The molecule has 0 aromatic heterocycles. The number of unbranched alkanes of at least 4 members (excludes halogenated alkanes) is 2. The van der Waals surface area contributed by atoms with Crippen LogP contribution in [0.5, 0.6) is 5.75 Å². The van der Waals surface area contributed by atoms with E-state index in [4.69, 9.17) is 9.84 Å². The minimum absolute atomic E-state index is 0.199. The van der Waals surface area contributed by atoms with Crippen molar-refractivity contribution in [2.45, 2.75) is 25.8 Å². The third kappa shape index (κ3) is 4.71. The van der Waals surface area contributed by atoms with E-state index in [-0.39, 0.29) is 12.4 Å². The maximum atomic E-state index is 13.6. The van der Waals surface area contributed by atoms with Crippen molar-refractivity contribution >= 4 is 0 Å². The Balaban J connectivity index is 2.50. The fourth-order valence-electron chi connectivity index (χ4n) is 1.61. The smallest absolute Gasteiger partial charge is 0.165 e. The van der Waals surface area contributed by atoms with Crippen LogP contribution in [-0.4, -0.2) is 25.4 Å². The predicted molar refractivity (Wildman–Crippen MR) is 65.6 cm³/mol. The number of nitrogens with one attached hydrogen (secondary N) is 1. The zero-order valence-corrected chi connectivity index (χ0v) is 10.2. The summed E-state index contributed by atoms with van der Waals surface area (Å²) in [7, 11) is 1.82. The molecule has 0 bridgehead atoms. The number of ether oxygens (including phenoxy) is 1. The van der Waals surface area contributed by atoms with Crippen molar-refractivity contribution in [2.75, 3.05) is 20.3 Å². The van der Waals surface area contributed by atoms with Crippen LogP contribution in [0.4, 0.5) is 4.39 Å². The molecule has 0 radical (unpaired) electrons. The normalized spacial score (nSPS) is 10.5. The van der Waals surface area contributed by atoms with E-state index in [0.29, 0.717) is 18.9 Å². The second-order valence-corrected chi connectivity index (χ2v) is 3.89. The first-order chi connectivity index (χ1) is 8.29. The van der Waals surface area contributed by atoms with Crippen molar-refractivity contribution in [3.63, 3.8) is 0 Å². The maximum absolute atomic E-state index is 13.6. The molecule has 0 unspecified atom stereocenters. The van der Waals surface area contributed by atoms with Gasteiger partial charge >= 0.3 is 0 Å². The SMILES string of the molecule is CNCc1cccc(F)c1OCCCCCO. The van der Waals surface area contributed by atoms with Crippen LogP contribution < -0.4 is 10.1 Å². The number of para-hydroxylation sites is 1. The highest BCUT2D eigenvalue weighted by atomic mass is 19.1. The number of halogens is 1. The molecule has 0 amide bonds. The molecule has 0 atom stereocenters. The molecule has 3 nitrogen and oxygen atoms in total. The van der Waals surface area contributed by atoms with E-state index in [1.54, 1.807) is 6.07 Å². The number of hydrogen-bond donors (Lipinski definition) is 2. The lowest BCUT2D eigenvalue weighted by molar-refractivity contribution is 0.260. The predicted octanol–water partition coefficient (Wildman–Crippen LogP) is 2.09. The average Bonchev–Trinajstić information content (AvgIpc) is 2.32. The monoisotopic (exact) mass is 241 g/mol. The van der Waals surface area contributed by atoms with E-state index >= 15 is 0 Å². The van der Waals surface area contributed by atoms with Crippen LogP contribution in [0.2, 0.25) is 0 Å². The molecule has 2 N–H and O–H groups in total. The van der Waals surface area contributed by atoms with Gasteiger partial charge < -0.3 is 15.2 Å². The Morgan fingerprint density at radius 2 is 2.12 bits per heavy atom. The van der Waals surface area contributed by atoms with Gasteiger partial charge in [-0.25, -0.2) is 4.39 Å². The van der Waals surface area contributed by atoms with Gasteiger partial charge in [-0.1, -0.05) is 12.1 Å². The molecule has 96 valence electrons. The summed E-state index contributed by atoms with van der Waals surface area (Å²) in [5.74, 6) is 0.0192. The Bertz CT molecular complexity index is 331. The van der Waals surface area contributed by atoms with Crippen LogP contribution in [-0.2, 0) is 6.54 Å². The van der Waals surface area contributed by atoms with Crippen molar-refractivity contribution in [1.82, 2.24) is 5.32 Å². The number of aliphatic hydroxyl groups is 1. The van der Waals surface area contributed by atoms with Gasteiger partial charge in [0.2, 0.25) is 0 Å². The standard InChI is InChI=1S/C13H20FNO2/c1-15-10-11-6-5-7-12(14)13(11)17-9-4-2-3-8-16/h5-7,15-16H,2-4,8-10H2,1H3. The molecule has 4 heteroatoms. The van der Waals surface area contributed by atoms with Crippen molar-refractivity contribution < 1.29 is 14.2 Å². The van der Waals surface area contributed by atoms with Crippen LogP contribution in [0.3, 0.4) is 0 Å². The van der Waals surface area contributed by atoms with Gasteiger partial charge in [0.15, 0.2) is 11.6 Å². The molecular weight excluding hydrogens is 221 g/mol. The summed E-state index contributed by atoms with van der Waals surface area (Å²) >= 11 is 0. The van der Waals surface area contributed by atoms with Crippen molar-refractivity contribution in [1.29, 1.82) is 0 Å². The number of rotatable bonds is 8. The lowest BCUT2D eigenvalue weighted by atomic mass is 10.2. The van der Waals surface area contributed by atoms with Crippen molar-refractivity contribution in [3.05, 3.63) is 29.6 Å². The van der Waals surface area contributed by atoms with Crippen molar-refractivity contribution in [2.24, 2.45) is 0 Å². The van der Waals surface area contributed by atoms with Gasteiger partial charge in [0, 0.05) is 18.7 Å². The van der Waals surface area contributed by atoms with E-state index in [1.807, 2.05) is 13.1 Å². The molecule has 0 saturated carbocycles. The van der Waals surface area contributed by atoms with E-state index in [2.05, 4.69) is 5.32 Å². The summed E-state index contributed by atoms with van der Waals surface area (Å²) < 4.78 is 19.0. The number of aliphatic hydroxyl groups excluding tert-OH is 1. The van der Waals surface area contributed by atoms with Crippen LogP contribution in [0.1, 0.15) is 24.8 Å². The Morgan fingerprint density at radius 1 is 1.29 bits per heavy atom. The zero-order chi connectivity index (χ0) is 12.5. The molecule has 0 aliphatic carbocycles. The first-order valence-electron chi connectivity index (χ1n) is 5.95. The molecule has 1 aromatic carbocycles. The lowest BCUT2D eigenvalue weighted by Gasteiger charge is -2.12. The van der Waals surface area contributed by atoms with E-state index < -0.39 is 0 Å². The van der Waals surface area contributed by atoms with Gasteiger partial charge in [-0.2, -0.15) is 0 Å². The third-order valence-corrected chi connectivity index (χ3v) is 2.46. The minimum atomic E-state index is -0.320. The lowest BCUT2D eigenvalue weighted by Crippen LogP contribution is -2.09. The Morgan fingerprint density at radius 3 is 2.82 bits per heavy atom. The number of hydrogen-bond acceptors (Lipinski definition) is 3. The maximum Gasteiger partial charge on any atom is 0.165 e. The molecule has 0 aliphatic rings. The van der Waals surface area contributed by atoms with Crippen LogP contribution in [0.15, 0.2) is 18.2 Å². The Hall–Kier alpha value is -1.13. The molecule has 0 fully saturated rings. The Labute approximate surface area is 102 Å². The highest BCUT2D eigenvalue weighted by Gasteiger charge is 2.08. The molecule has 0 aliphatic heterocycles. The van der Waals surface area contributed by atoms with Crippen LogP contribution >= 0.6 is 0 Å². The number of benzene rings is 1. The second-order valence-electron chi connectivity index (χ2n) is 3.89. The van der Waals surface area contributed by atoms with E-state index in [9.17, 15) is 4.39 Å². The third-order valence-electron chi connectivity index (χ3n) is 2.46. The second kappa shape index (κ2) is 8.03. The van der Waals surface area contributed by atoms with Gasteiger partial charge in [-0.05, 0) is 32.4 Å². The summed E-state index contributed by atoms with van der Waals surface area (Å²) in [4.78, 5) is 0. The van der Waals surface area contributed by atoms with Crippen LogP contribution in [0, 0.1) is 5.82 Å². The summed E-state index contributed by atoms with van der Waals surface area (Å²) in [6.07, 6.45) is 2.49. The highest BCUT2D eigenvalue weighted by molar-refractivity contribution is 5.34. The topological polar surface area (TPSA) is 41.5 Å². The zero-order valence-electron chi connectivity index (χ0n) is 10.2. The summed E-state index contributed by atoms with van der Waals surface area (Å²) in [6, 6.07) is 4.94. The van der Waals surface area contributed by atoms with Gasteiger partial charge in [-0.15, -0.1) is 0 Å². The minimum Gasteiger partial charge on any atom is -0.490 e. The Kier molecular flexibility index (Phi) is 6.58. The van der Waals surface area contributed by atoms with E-state index in [0.717, 1.165) is 24.8 Å². The van der Waals surface area contributed by atoms with Gasteiger partial charge in [0.1, 0.15) is 0 Å². The van der Waals surface area contributed by atoms with E-state index in [1.165, 1.54) is 6.07 Å². The molecule has 1 rings (SSSR count). The fraction of sp³-hybridized carbons (Fsp3) is 0.538. The van der Waals surface area contributed by atoms with Gasteiger partial charge in [0.05, 0.1) is 6.61 Å². The summed E-state index contributed by atoms with van der Waals surface area (Å²) in [5, 5.41) is 11.6. The van der Waals surface area contributed by atoms with Crippen LogP contribution in [0.25, 0.3) is 0 Å². The molecule has 0 heterocycles. The quantitative estimate of drug-likeness (QED) is 0.685. The van der Waals surface area contributed by atoms with Gasteiger partial charge in [0.25, 0.3) is 0 Å². The first kappa shape index (κ1) is 13.9. The highest BCUT2D eigenvalue weighted by Crippen LogP contribution is 2.22. The summed E-state index contributed by atoms with van der Waals surface area (Å²) in [5.41, 5.74) is 0.828. The fourth-order valence-corrected chi connectivity index (χ4v) is 1.61. The molecule has 0 spiro atoms. The summed E-state index contributed by atoms with van der Waals surface area (Å²) in [6.45, 7) is 1.27. The molecular formula is C13H20FNO2. The largest absolute Gasteiger partial charge is 0.490 e. The molecule has 17 heavy (non-hydrogen) atoms.